The van der Waals surface area contributed by atoms with Crippen LogP contribution in [-0.4, -0.2) is 29.2 Å². The van der Waals surface area contributed by atoms with Gasteiger partial charge in [-0.25, -0.2) is 9.59 Å². The third-order valence-electron chi connectivity index (χ3n) is 1.33. The Hall–Kier alpha value is -1.40. The molecule has 0 saturated heterocycles. The number of hydrogen-bond acceptors (Lipinski definition) is 4. The monoisotopic (exact) mass is 231 g/mol. The Balaban J connectivity index is 0.000000288. The highest BCUT2D eigenvalue weighted by molar-refractivity contribution is 7.11. The van der Waals surface area contributed by atoms with Gasteiger partial charge < -0.3 is 15.5 Å². The van der Waals surface area contributed by atoms with E-state index in [0.29, 0.717) is 0 Å². The third-order valence-corrected chi connectivity index (χ3v) is 2.33. The van der Waals surface area contributed by atoms with E-state index < -0.39 is 11.9 Å². The van der Waals surface area contributed by atoms with Gasteiger partial charge in [-0.2, -0.15) is 0 Å². The van der Waals surface area contributed by atoms with Crippen LogP contribution in [0.2, 0.25) is 0 Å². The number of aryl methyl sites for hydroxylation is 1. The largest absolute Gasteiger partial charge is 0.473 e. The van der Waals surface area contributed by atoms with Crippen molar-refractivity contribution in [3.63, 3.8) is 0 Å². The summed E-state index contributed by atoms with van der Waals surface area (Å²) in [6.45, 7) is 3.13. The minimum Gasteiger partial charge on any atom is -0.473 e. The minimum absolute atomic E-state index is 0.999. The van der Waals surface area contributed by atoms with Crippen LogP contribution in [0.5, 0.6) is 0 Å². The highest BCUT2D eigenvalue weighted by Gasteiger charge is 2.04. The van der Waals surface area contributed by atoms with Crippen LogP contribution in [0.4, 0.5) is 0 Å². The molecule has 1 rings (SSSR count). The quantitative estimate of drug-likeness (QED) is 0.659. The molecular formula is C9H13NO4S. The molecule has 1 aromatic heterocycles. The molecule has 0 amide bonds. The first-order valence-corrected chi connectivity index (χ1v) is 4.95. The molecule has 1 aromatic rings. The smallest absolute Gasteiger partial charge is 0.414 e. The fourth-order valence-electron chi connectivity index (χ4n) is 0.754. The van der Waals surface area contributed by atoms with Crippen molar-refractivity contribution >= 4 is 23.3 Å². The molecule has 0 saturated carbocycles. The Morgan fingerprint density at radius 3 is 2.13 bits per heavy atom. The van der Waals surface area contributed by atoms with Crippen LogP contribution < -0.4 is 5.32 Å². The maximum atomic E-state index is 9.10. The standard InChI is InChI=1S/C7H11NS.C2H2O4/c1-6-3-4-7(9-6)5-8-2;3-1(4)2(5)6/h3-4,8H,5H2,1-2H3;(H,3,4)(H,5,6). The number of carbonyl (C=O) groups is 2. The summed E-state index contributed by atoms with van der Waals surface area (Å²) in [4.78, 5) is 21.0. The lowest BCUT2D eigenvalue weighted by atomic mass is 10.4. The van der Waals surface area contributed by atoms with Crippen molar-refractivity contribution in [3.05, 3.63) is 21.9 Å². The van der Waals surface area contributed by atoms with Gasteiger partial charge in [0.25, 0.3) is 0 Å². The summed E-state index contributed by atoms with van der Waals surface area (Å²) in [5.41, 5.74) is 0. The highest BCUT2D eigenvalue weighted by Crippen LogP contribution is 2.13. The molecular weight excluding hydrogens is 218 g/mol. The molecule has 1 heterocycles. The maximum Gasteiger partial charge on any atom is 0.414 e. The van der Waals surface area contributed by atoms with Crippen molar-refractivity contribution in [3.8, 4) is 0 Å². The molecule has 0 bridgehead atoms. The average molecular weight is 231 g/mol. The third kappa shape index (κ3) is 6.64. The molecule has 15 heavy (non-hydrogen) atoms. The van der Waals surface area contributed by atoms with Crippen LogP contribution in [0.25, 0.3) is 0 Å². The van der Waals surface area contributed by atoms with E-state index >= 15 is 0 Å². The van der Waals surface area contributed by atoms with Crippen LogP contribution >= 0.6 is 11.3 Å². The predicted octanol–water partition coefficient (Wildman–Crippen LogP) is 0.932. The second-order valence-corrected chi connectivity index (χ2v) is 4.03. The molecule has 84 valence electrons. The maximum absolute atomic E-state index is 9.10. The minimum atomic E-state index is -1.82. The molecule has 0 unspecified atom stereocenters. The lowest BCUT2D eigenvalue weighted by Crippen LogP contribution is -2.09. The zero-order valence-electron chi connectivity index (χ0n) is 8.48. The summed E-state index contributed by atoms with van der Waals surface area (Å²) in [5.74, 6) is -3.65. The van der Waals surface area contributed by atoms with Gasteiger partial charge in [0, 0.05) is 16.3 Å². The molecule has 0 aliphatic heterocycles. The summed E-state index contributed by atoms with van der Waals surface area (Å²) in [5, 5.41) is 17.9. The average Bonchev–Trinajstić information content (AvgIpc) is 2.53. The van der Waals surface area contributed by atoms with Crippen molar-refractivity contribution < 1.29 is 19.8 Å². The number of carboxylic acid groups (broad SMARTS) is 2. The second kappa shape index (κ2) is 6.97. The van der Waals surface area contributed by atoms with E-state index in [0.717, 1.165) is 6.54 Å². The van der Waals surface area contributed by atoms with Crippen molar-refractivity contribution in [2.75, 3.05) is 7.05 Å². The molecule has 0 atom stereocenters. The number of carboxylic acids is 2. The normalized spacial score (nSPS) is 8.93. The van der Waals surface area contributed by atoms with Crippen LogP contribution in [0, 0.1) is 6.92 Å². The fourth-order valence-corrected chi connectivity index (χ4v) is 1.66. The van der Waals surface area contributed by atoms with Gasteiger partial charge in [-0.3, -0.25) is 0 Å². The predicted molar refractivity (Wildman–Crippen MR) is 57.1 cm³/mol. The van der Waals surface area contributed by atoms with Crippen molar-refractivity contribution in [1.82, 2.24) is 5.32 Å². The van der Waals surface area contributed by atoms with Gasteiger partial charge in [-0.1, -0.05) is 0 Å². The first-order valence-electron chi connectivity index (χ1n) is 4.13. The van der Waals surface area contributed by atoms with Crippen molar-refractivity contribution in [2.45, 2.75) is 13.5 Å². The zero-order chi connectivity index (χ0) is 11.8. The first kappa shape index (κ1) is 13.6. The van der Waals surface area contributed by atoms with Gasteiger partial charge in [0.2, 0.25) is 0 Å². The molecule has 3 N–H and O–H groups in total. The lowest BCUT2D eigenvalue weighted by molar-refractivity contribution is -0.159. The SMILES string of the molecule is CNCc1ccc(C)s1.O=C(O)C(=O)O. The van der Waals surface area contributed by atoms with Crippen molar-refractivity contribution in [2.24, 2.45) is 0 Å². The van der Waals surface area contributed by atoms with E-state index in [2.05, 4.69) is 24.4 Å². The highest BCUT2D eigenvalue weighted by atomic mass is 32.1. The Kier molecular flexibility index (Phi) is 6.32. The van der Waals surface area contributed by atoms with Gasteiger partial charge in [0.05, 0.1) is 0 Å². The van der Waals surface area contributed by atoms with Crippen LogP contribution in [-0.2, 0) is 16.1 Å². The van der Waals surface area contributed by atoms with Gasteiger partial charge in [-0.05, 0) is 26.1 Å². The molecule has 6 heteroatoms. The summed E-state index contributed by atoms with van der Waals surface area (Å²) in [6.07, 6.45) is 0. The van der Waals surface area contributed by atoms with E-state index in [9.17, 15) is 0 Å². The van der Waals surface area contributed by atoms with Gasteiger partial charge in [-0.15, -0.1) is 11.3 Å². The Morgan fingerprint density at radius 1 is 1.33 bits per heavy atom. The fraction of sp³-hybridized carbons (Fsp3) is 0.333. The summed E-state index contributed by atoms with van der Waals surface area (Å²) in [7, 11) is 1.97. The lowest BCUT2D eigenvalue weighted by Gasteiger charge is -1.90. The first-order chi connectivity index (χ1) is 6.97. The number of hydrogen-bond donors (Lipinski definition) is 3. The molecule has 0 spiro atoms. The Labute approximate surface area is 91.4 Å². The summed E-state index contributed by atoms with van der Waals surface area (Å²) < 4.78 is 0. The number of nitrogens with one attached hydrogen (secondary N) is 1. The number of thiophene rings is 1. The van der Waals surface area contributed by atoms with E-state index in [-0.39, 0.29) is 0 Å². The number of aliphatic carboxylic acids is 2. The molecule has 5 nitrogen and oxygen atoms in total. The van der Waals surface area contributed by atoms with E-state index in [4.69, 9.17) is 19.8 Å². The van der Waals surface area contributed by atoms with E-state index in [1.165, 1.54) is 9.75 Å². The van der Waals surface area contributed by atoms with Gasteiger partial charge in [0.15, 0.2) is 0 Å². The zero-order valence-corrected chi connectivity index (χ0v) is 9.30. The van der Waals surface area contributed by atoms with E-state index in [1.807, 2.05) is 18.4 Å². The van der Waals surface area contributed by atoms with Crippen LogP contribution in [0.3, 0.4) is 0 Å². The van der Waals surface area contributed by atoms with Crippen molar-refractivity contribution in [1.29, 1.82) is 0 Å². The van der Waals surface area contributed by atoms with Gasteiger partial charge in [0.1, 0.15) is 0 Å². The molecule has 0 fully saturated rings. The molecule has 0 radical (unpaired) electrons. The summed E-state index contributed by atoms with van der Waals surface area (Å²) in [6, 6.07) is 4.31. The molecule has 0 aromatic carbocycles. The summed E-state index contributed by atoms with van der Waals surface area (Å²) >= 11 is 1.85. The second-order valence-electron chi connectivity index (χ2n) is 2.65. The van der Waals surface area contributed by atoms with E-state index in [1.54, 1.807) is 0 Å². The Bertz CT molecular complexity index is 323. The molecule has 0 aliphatic carbocycles. The number of rotatable bonds is 2. The Morgan fingerprint density at radius 2 is 1.87 bits per heavy atom. The van der Waals surface area contributed by atoms with Crippen LogP contribution in [0.15, 0.2) is 12.1 Å². The van der Waals surface area contributed by atoms with Gasteiger partial charge >= 0.3 is 11.9 Å². The molecule has 0 aliphatic rings. The topological polar surface area (TPSA) is 86.6 Å². The van der Waals surface area contributed by atoms with Crippen LogP contribution in [0.1, 0.15) is 9.75 Å².